The van der Waals surface area contributed by atoms with E-state index in [0.717, 1.165) is 16.7 Å². The molecule has 1 amide bonds. The minimum absolute atomic E-state index is 0.274. The maximum atomic E-state index is 13.1. The van der Waals surface area contributed by atoms with Crippen molar-refractivity contribution in [2.24, 2.45) is 5.73 Å². The van der Waals surface area contributed by atoms with Crippen molar-refractivity contribution >= 4 is 12.1 Å². The fraction of sp³-hybridized carbons (Fsp3) is 0.231. The number of rotatable bonds is 10. The normalized spacial score (nSPS) is 12.0. The second-order valence-electron chi connectivity index (χ2n) is 7.49. The number of carbonyl (C=O) groups excluding carboxylic acids is 1. The standard InChI is InChI=1S/C26H28N2O4/c27-19-11-10-18-23(24(29)30)28-25(31)32-26(20-12-4-1-5-13-20,21-14-6-2-7-15-21)22-16-8-3-9-17-22/h1-9,12-17,23H,10-11,18-19,27H2,(H,28,31)(H,29,30)/t23-/m0/s1. The van der Waals surface area contributed by atoms with Crippen molar-refractivity contribution < 1.29 is 19.4 Å². The summed E-state index contributed by atoms with van der Waals surface area (Å²) in [6.45, 7) is 0.468. The third-order valence-corrected chi connectivity index (χ3v) is 5.32. The number of unbranched alkanes of at least 4 members (excludes halogenated alkanes) is 1. The Labute approximate surface area is 188 Å². The Morgan fingerprint density at radius 1 is 0.812 bits per heavy atom. The Morgan fingerprint density at radius 2 is 1.25 bits per heavy atom. The number of carbonyl (C=O) groups is 2. The molecule has 0 aliphatic heterocycles. The highest BCUT2D eigenvalue weighted by atomic mass is 16.6. The molecule has 4 N–H and O–H groups in total. The summed E-state index contributed by atoms with van der Waals surface area (Å²) in [4.78, 5) is 24.8. The Hall–Kier alpha value is -3.64. The zero-order valence-corrected chi connectivity index (χ0v) is 17.8. The molecule has 0 aliphatic rings. The number of amides is 1. The van der Waals surface area contributed by atoms with Gasteiger partial charge in [-0.05, 0) is 25.8 Å². The minimum atomic E-state index is -1.26. The SMILES string of the molecule is NCCCC[C@H](NC(=O)OC(c1ccccc1)(c1ccccc1)c1ccccc1)C(=O)O. The van der Waals surface area contributed by atoms with Gasteiger partial charge in [0.2, 0.25) is 0 Å². The van der Waals surface area contributed by atoms with Crippen LogP contribution in [0, 0.1) is 0 Å². The number of hydrogen-bond acceptors (Lipinski definition) is 4. The van der Waals surface area contributed by atoms with Crippen LogP contribution in [0.15, 0.2) is 91.0 Å². The highest BCUT2D eigenvalue weighted by molar-refractivity contribution is 5.80. The third-order valence-electron chi connectivity index (χ3n) is 5.32. The first-order valence-corrected chi connectivity index (χ1v) is 10.7. The quantitative estimate of drug-likeness (QED) is 0.328. The van der Waals surface area contributed by atoms with Crippen molar-refractivity contribution in [3.8, 4) is 0 Å². The maximum Gasteiger partial charge on any atom is 0.409 e. The molecule has 6 nitrogen and oxygen atoms in total. The largest absolute Gasteiger partial charge is 0.480 e. The summed E-state index contributed by atoms with van der Waals surface area (Å²) in [5.74, 6) is -1.11. The van der Waals surface area contributed by atoms with Gasteiger partial charge in [-0.15, -0.1) is 0 Å². The average Bonchev–Trinajstić information content (AvgIpc) is 2.83. The molecular formula is C26H28N2O4. The van der Waals surface area contributed by atoms with Crippen LogP contribution >= 0.6 is 0 Å². The molecule has 0 aliphatic carbocycles. The monoisotopic (exact) mass is 432 g/mol. The van der Waals surface area contributed by atoms with Gasteiger partial charge in [0.25, 0.3) is 0 Å². The van der Waals surface area contributed by atoms with E-state index in [1.54, 1.807) is 0 Å². The molecule has 3 aromatic carbocycles. The molecule has 6 heteroatoms. The lowest BCUT2D eigenvalue weighted by Gasteiger charge is -2.35. The second kappa shape index (κ2) is 11.1. The van der Waals surface area contributed by atoms with Crippen molar-refractivity contribution in [1.29, 1.82) is 0 Å². The first-order valence-electron chi connectivity index (χ1n) is 10.7. The number of ether oxygens (including phenoxy) is 1. The van der Waals surface area contributed by atoms with E-state index in [4.69, 9.17) is 10.5 Å². The van der Waals surface area contributed by atoms with Gasteiger partial charge in [0, 0.05) is 16.7 Å². The molecule has 3 rings (SSSR count). The first-order chi connectivity index (χ1) is 15.6. The molecule has 0 spiro atoms. The molecule has 0 saturated heterocycles. The molecular weight excluding hydrogens is 404 g/mol. The Morgan fingerprint density at radius 3 is 1.62 bits per heavy atom. The van der Waals surface area contributed by atoms with Gasteiger partial charge in [-0.25, -0.2) is 9.59 Å². The van der Waals surface area contributed by atoms with Crippen LogP contribution < -0.4 is 11.1 Å². The van der Waals surface area contributed by atoms with Crippen molar-refractivity contribution in [1.82, 2.24) is 5.32 Å². The van der Waals surface area contributed by atoms with Gasteiger partial charge in [0.1, 0.15) is 6.04 Å². The number of aliphatic carboxylic acids is 1. The van der Waals surface area contributed by atoms with Gasteiger partial charge in [-0.1, -0.05) is 91.0 Å². The van der Waals surface area contributed by atoms with E-state index >= 15 is 0 Å². The average molecular weight is 433 g/mol. The highest BCUT2D eigenvalue weighted by Gasteiger charge is 2.41. The molecule has 0 bridgehead atoms. The Kier molecular flexibility index (Phi) is 8.00. The van der Waals surface area contributed by atoms with Crippen molar-refractivity contribution in [2.75, 3.05) is 6.54 Å². The lowest BCUT2D eigenvalue weighted by Crippen LogP contribution is -2.45. The van der Waals surface area contributed by atoms with Crippen LogP contribution in [0.5, 0.6) is 0 Å². The van der Waals surface area contributed by atoms with Gasteiger partial charge in [-0.3, -0.25) is 0 Å². The lowest BCUT2D eigenvalue weighted by molar-refractivity contribution is -0.139. The summed E-state index contributed by atoms with van der Waals surface area (Å²) in [5.41, 5.74) is 6.51. The van der Waals surface area contributed by atoms with E-state index in [1.807, 2.05) is 91.0 Å². The minimum Gasteiger partial charge on any atom is -0.480 e. The van der Waals surface area contributed by atoms with E-state index < -0.39 is 23.7 Å². The predicted octanol–water partition coefficient (Wildman–Crippen LogP) is 4.29. The molecule has 0 aromatic heterocycles. The zero-order chi connectivity index (χ0) is 22.8. The molecule has 3 aromatic rings. The van der Waals surface area contributed by atoms with E-state index in [-0.39, 0.29) is 6.42 Å². The number of carboxylic acid groups (broad SMARTS) is 1. The summed E-state index contributed by atoms with van der Waals surface area (Å²) >= 11 is 0. The fourth-order valence-corrected chi connectivity index (χ4v) is 3.76. The number of benzene rings is 3. The summed E-state index contributed by atoms with van der Waals surface area (Å²) in [6, 6.07) is 27.2. The second-order valence-corrected chi connectivity index (χ2v) is 7.49. The van der Waals surface area contributed by atoms with E-state index in [1.165, 1.54) is 0 Å². The van der Waals surface area contributed by atoms with E-state index in [2.05, 4.69) is 5.32 Å². The Bertz CT molecular complexity index is 897. The summed E-state index contributed by atoms with van der Waals surface area (Å²) < 4.78 is 6.15. The molecule has 1 atom stereocenters. The fourth-order valence-electron chi connectivity index (χ4n) is 3.76. The topological polar surface area (TPSA) is 102 Å². The van der Waals surface area contributed by atoms with Crippen LogP contribution in [0.3, 0.4) is 0 Å². The van der Waals surface area contributed by atoms with Crippen molar-refractivity contribution in [2.45, 2.75) is 30.9 Å². The van der Waals surface area contributed by atoms with E-state index in [9.17, 15) is 14.7 Å². The first kappa shape index (κ1) is 23.0. The van der Waals surface area contributed by atoms with Crippen LogP contribution in [0.25, 0.3) is 0 Å². The lowest BCUT2D eigenvalue weighted by atomic mass is 9.80. The molecule has 166 valence electrons. The van der Waals surface area contributed by atoms with Crippen LogP contribution in [0.4, 0.5) is 4.79 Å². The molecule has 0 saturated carbocycles. The van der Waals surface area contributed by atoms with Crippen molar-refractivity contribution in [3.05, 3.63) is 108 Å². The molecule has 0 heterocycles. The number of alkyl carbamates (subject to hydrolysis) is 1. The highest BCUT2D eigenvalue weighted by Crippen LogP contribution is 2.40. The third kappa shape index (κ3) is 5.34. The summed E-state index contributed by atoms with van der Waals surface area (Å²) in [7, 11) is 0. The Balaban J connectivity index is 2.03. The molecule has 32 heavy (non-hydrogen) atoms. The van der Waals surface area contributed by atoms with Crippen LogP contribution in [0.1, 0.15) is 36.0 Å². The van der Waals surface area contributed by atoms with Gasteiger partial charge < -0.3 is 20.9 Å². The molecule has 0 radical (unpaired) electrons. The van der Waals surface area contributed by atoms with Gasteiger partial charge in [-0.2, -0.15) is 0 Å². The number of carboxylic acids is 1. The zero-order valence-electron chi connectivity index (χ0n) is 17.8. The van der Waals surface area contributed by atoms with Crippen LogP contribution in [-0.4, -0.2) is 29.8 Å². The number of hydrogen-bond donors (Lipinski definition) is 3. The van der Waals surface area contributed by atoms with E-state index in [0.29, 0.717) is 19.4 Å². The van der Waals surface area contributed by atoms with Crippen molar-refractivity contribution in [3.63, 3.8) is 0 Å². The smallest absolute Gasteiger partial charge is 0.409 e. The number of nitrogens with one attached hydrogen (secondary N) is 1. The maximum absolute atomic E-state index is 13.1. The summed E-state index contributed by atoms with van der Waals surface area (Å²) in [6.07, 6.45) is 0.746. The van der Waals surface area contributed by atoms with Gasteiger partial charge >= 0.3 is 12.1 Å². The van der Waals surface area contributed by atoms with Crippen LogP contribution in [-0.2, 0) is 15.1 Å². The molecule has 0 unspecified atom stereocenters. The van der Waals surface area contributed by atoms with Gasteiger partial charge in [0.05, 0.1) is 0 Å². The van der Waals surface area contributed by atoms with Crippen LogP contribution in [0.2, 0.25) is 0 Å². The predicted molar refractivity (Wildman–Crippen MR) is 123 cm³/mol. The molecule has 0 fully saturated rings. The summed E-state index contributed by atoms with van der Waals surface area (Å²) in [5, 5.41) is 12.1. The van der Waals surface area contributed by atoms with Gasteiger partial charge in [0.15, 0.2) is 5.60 Å². The number of nitrogens with two attached hydrogens (primary N) is 1.